The van der Waals surface area contributed by atoms with E-state index in [4.69, 9.17) is 21.7 Å². The summed E-state index contributed by atoms with van der Waals surface area (Å²) in [6.07, 6.45) is 0. The summed E-state index contributed by atoms with van der Waals surface area (Å²) in [6, 6.07) is 13.6. The molecule has 0 radical (unpaired) electrons. The van der Waals surface area contributed by atoms with Crippen LogP contribution in [-0.4, -0.2) is 19.3 Å². The van der Waals surface area contributed by atoms with Crippen molar-refractivity contribution in [3.63, 3.8) is 0 Å². The number of ether oxygens (including phenoxy) is 2. The van der Waals surface area contributed by atoms with Crippen molar-refractivity contribution in [1.82, 2.24) is 0 Å². The highest BCUT2D eigenvalue weighted by atomic mass is 32.1. The van der Waals surface area contributed by atoms with Crippen molar-refractivity contribution in [1.29, 1.82) is 0 Å². The zero-order chi connectivity index (χ0) is 15.2. The molecule has 0 heterocycles. The zero-order valence-corrected chi connectivity index (χ0v) is 13.1. The Balaban J connectivity index is 2.04. The van der Waals surface area contributed by atoms with Crippen molar-refractivity contribution in [2.24, 2.45) is 0 Å². The molecule has 0 atom stereocenters. The Morgan fingerprint density at radius 2 is 1.43 bits per heavy atom. The van der Waals surface area contributed by atoms with Crippen molar-refractivity contribution in [2.45, 2.75) is 6.92 Å². The molecule has 0 aliphatic rings. The highest BCUT2D eigenvalue weighted by molar-refractivity contribution is 7.80. The van der Waals surface area contributed by atoms with Gasteiger partial charge in [0, 0.05) is 17.4 Å². The summed E-state index contributed by atoms with van der Waals surface area (Å²) in [5, 5.41) is 6.77. The van der Waals surface area contributed by atoms with E-state index < -0.39 is 0 Å². The zero-order valence-electron chi connectivity index (χ0n) is 12.3. The maximum atomic E-state index is 5.30. The molecule has 0 bridgehead atoms. The molecule has 0 aromatic heterocycles. The summed E-state index contributed by atoms with van der Waals surface area (Å²) in [6.45, 7) is 2.05. The minimum Gasteiger partial charge on any atom is -0.493 e. The number of nitrogens with one attached hydrogen (secondary N) is 2. The third kappa shape index (κ3) is 4.10. The van der Waals surface area contributed by atoms with Crippen LogP contribution in [0.2, 0.25) is 0 Å². The minimum absolute atomic E-state index is 0.520. The van der Waals surface area contributed by atoms with Crippen molar-refractivity contribution in [3.05, 3.63) is 48.0 Å². The number of methoxy groups -OCH3 is 2. The van der Waals surface area contributed by atoms with Crippen LogP contribution in [0.4, 0.5) is 11.4 Å². The fraction of sp³-hybridized carbons (Fsp3) is 0.188. The molecule has 0 unspecified atom stereocenters. The smallest absolute Gasteiger partial charge is 0.175 e. The standard InChI is InChI=1S/C16H18N2O2S/c1-11-4-6-12(7-5-11)17-16(21)18-13-8-9-14(19-2)15(10-13)20-3/h4-10H,1-3H3,(H2,17,18,21). The Labute approximate surface area is 130 Å². The predicted octanol–water partition coefficient (Wildman–Crippen LogP) is 3.82. The number of rotatable bonds is 4. The SMILES string of the molecule is COc1ccc(NC(=S)Nc2ccc(C)cc2)cc1OC. The average molecular weight is 302 g/mol. The third-order valence-electron chi connectivity index (χ3n) is 2.95. The van der Waals surface area contributed by atoms with Gasteiger partial charge in [0.2, 0.25) is 0 Å². The van der Waals surface area contributed by atoms with E-state index in [1.54, 1.807) is 14.2 Å². The summed E-state index contributed by atoms with van der Waals surface area (Å²) >= 11 is 5.30. The molecule has 2 N–H and O–H groups in total. The van der Waals surface area contributed by atoms with E-state index in [9.17, 15) is 0 Å². The number of benzene rings is 2. The maximum Gasteiger partial charge on any atom is 0.175 e. The molecule has 2 aromatic rings. The molecule has 0 saturated heterocycles. The molecule has 0 saturated carbocycles. The van der Waals surface area contributed by atoms with Gasteiger partial charge in [-0.05, 0) is 43.4 Å². The van der Waals surface area contributed by atoms with Gasteiger partial charge in [-0.1, -0.05) is 17.7 Å². The van der Waals surface area contributed by atoms with Gasteiger partial charge in [-0.3, -0.25) is 0 Å². The van der Waals surface area contributed by atoms with Crippen LogP contribution in [0, 0.1) is 6.92 Å². The highest BCUT2D eigenvalue weighted by Crippen LogP contribution is 2.29. The molecule has 5 heteroatoms. The third-order valence-corrected chi connectivity index (χ3v) is 3.15. The summed E-state index contributed by atoms with van der Waals surface area (Å²) < 4.78 is 10.5. The van der Waals surface area contributed by atoms with Crippen molar-refractivity contribution < 1.29 is 9.47 Å². The van der Waals surface area contributed by atoms with Gasteiger partial charge in [-0.25, -0.2) is 0 Å². The molecule has 0 amide bonds. The van der Waals surface area contributed by atoms with Gasteiger partial charge in [0.15, 0.2) is 16.6 Å². The van der Waals surface area contributed by atoms with Crippen LogP contribution in [0.5, 0.6) is 11.5 Å². The van der Waals surface area contributed by atoms with E-state index in [2.05, 4.69) is 10.6 Å². The Morgan fingerprint density at radius 3 is 2.05 bits per heavy atom. The van der Waals surface area contributed by atoms with Crippen molar-refractivity contribution >= 4 is 28.7 Å². The fourth-order valence-electron chi connectivity index (χ4n) is 1.84. The first-order chi connectivity index (χ1) is 10.1. The lowest BCUT2D eigenvalue weighted by molar-refractivity contribution is 0.355. The topological polar surface area (TPSA) is 42.5 Å². The average Bonchev–Trinajstić information content (AvgIpc) is 2.49. The van der Waals surface area contributed by atoms with Crippen LogP contribution in [0.1, 0.15) is 5.56 Å². The largest absolute Gasteiger partial charge is 0.493 e. The van der Waals surface area contributed by atoms with Crippen LogP contribution in [0.25, 0.3) is 0 Å². The van der Waals surface area contributed by atoms with Crippen molar-refractivity contribution in [3.8, 4) is 11.5 Å². The fourth-order valence-corrected chi connectivity index (χ4v) is 2.08. The molecule has 0 spiro atoms. The predicted molar refractivity (Wildman–Crippen MR) is 90.6 cm³/mol. The van der Waals surface area contributed by atoms with E-state index in [-0.39, 0.29) is 0 Å². The Kier molecular flexibility index (Phi) is 5.00. The van der Waals surface area contributed by atoms with Gasteiger partial charge in [-0.15, -0.1) is 0 Å². The lowest BCUT2D eigenvalue weighted by Gasteiger charge is -2.13. The lowest BCUT2D eigenvalue weighted by atomic mass is 10.2. The van der Waals surface area contributed by atoms with Crippen molar-refractivity contribution in [2.75, 3.05) is 24.9 Å². The van der Waals surface area contributed by atoms with Crippen LogP contribution in [-0.2, 0) is 0 Å². The lowest BCUT2D eigenvalue weighted by Crippen LogP contribution is -2.19. The van der Waals surface area contributed by atoms with Gasteiger partial charge in [0.25, 0.3) is 0 Å². The summed E-state index contributed by atoms with van der Waals surface area (Å²) in [7, 11) is 3.21. The number of thiocarbonyl (C=S) groups is 1. The molecule has 0 fully saturated rings. The summed E-state index contributed by atoms with van der Waals surface area (Å²) in [5.41, 5.74) is 2.98. The van der Waals surface area contributed by atoms with E-state index in [1.165, 1.54) is 5.56 Å². The Bertz CT molecular complexity index is 627. The van der Waals surface area contributed by atoms with E-state index in [0.29, 0.717) is 16.6 Å². The molecule has 0 aliphatic heterocycles. The first-order valence-electron chi connectivity index (χ1n) is 6.49. The molecule has 4 nitrogen and oxygen atoms in total. The minimum atomic E-state index is 0.520. The van der Waals surface area contributed by atoms with Gasteiger partial charge in [-0.2, -0.15) is 0 Å². The van der Waals surface area contributed by atoms with E-state index in [0.717, 1.165) is 11.4 Å². The molecule has 0 aliphatic carbocycles. The molecule has 21 heavy (non-hydrogen) atoms. The molecule has 2 rings (SSSR count). The van der Waals surface area contributed by atoms with Gasteiger partial charge in [0.05, 0.1) is 14.2 Å². The van der Waals surface area contributed by atoms with Crippen LogP contribution in [0.3, 0.4) is 0 Å². The number of hydrogen-bond donors (Lipinski definition) is 2. The maximum absolute atomic E-state index is 5.30. The second-order valence-electron chi connectivity index (χ2n) is 4.51. The first-order valence-corrected chi connectivity index (χ1v) is 6.90. The van der Waals surface area contributed by atoms with E-state index >= 15 is 0 Å². The molecular formula is C16H18N2O2S. The highest BCUT2D eigenvalue weighted by Gasteiger charge is 2.05. The molecule has 2 aromatic carbocycles. The molecule has 110 valence electrons. The van der Waals surface area contributed by atoms with Gasteiger partial charge < -0.3 is 20.1 Å². The normalized spacial score (nSPS) is 9.86. The van der Waals surface area contributed by atoms with Crippen LogP contribution < -0.4 is 20.1 Å². The monoisotopic (exact) mass is 302 g/mol. The van der Waals surface area contributed by atoms with E-state index in [1.807, 2.05) is 49.4 Å². The second-order valence-corrected chi connectivity index (χ2v) is 4.92. The number of aryl methyl sites for hydroxylation is 1. The second kappa shape index (κ2) is 6.95. The number of anilines is 2. The van der Waals surface area contributed by atoms with Crippen LogP contribution in [0.15, 0.2) is 42.5 Å². The number of hydrogen-bond acceptors (Lipinski definition) is 3. The quantitative estimate of drug-likeness (QED) is 0.840. The summed E-state index contributed by atoms with van der Waals surface area (Å²) in [4.78, 5) is 0. The molecular weight excluding hydrogens is 284 g/mol. The summed E-state index contributed by atoms with van der Waals surface area (Å²) in [5.74, 6) is 1.33. The van der Waals surface area contributed by atoms with Gasteiger partial charge >= 0.3 is 0 Å². The first kappa shape index (κ1) is 15.1. The van der Waals surface area contributed by atoms with Crippen LogP contribution >= 0.6 is 12.2 Å². The Morgan fingerprint density at radius 1 is 0.857 bits per heavy atom. The van der Waals surface area contributed by atoms with Gasteiger partial charge in [0.1, 0.15) is 0 Å². The Hall–Kier alpha value is -2.27.